The van der Waals surface area contributed by atoms with E-state index in [1.165, 1.54) is 12.1 Å². The van der Waals surface area contributed by atoms with Gasteiger partial charge < -0.3 is 10.6 Å². The van der Waals surface area contributed by atoms with Crippen molar-refractivity contribution in [3.63, 3.8) is 0 Å². The molecule has 0 aromatic heterocycles. The van der Waals surface area contributed by atoms with E-state index >= 15 is 0 Å². The fourth-order valence-corrected chi connectivity index (χ4v) is 3.76. The molecule has 0 heterocycles. The van der Waals surface area contributed by atoms with E-state index < -0.39 is 10.8 Å². The average molecular weight is 460 g/mol. The lowest BCUT2D eigenvalue weighted by Crippen LogP contribution is -2.25. The summed E-state index contributed by atoms with van der Waals surface area (Å²) in [6.45, 7) is 0.316. The molecule has 0 atom stereocenters. The maximum absolute atomic E-state index is 12.9. The Hall–Kier alpha value is -4.23. The molecule has 0 aliphatic rings. The highest BCUT2D eigenvalue weighted by molar-refractivity contribution is 6.34. The standard InChI is InChI=1S/C25H18ClN3O4/c26-22-14-18(29(32)33)12-13-20(22)25(31)28-23-11-4-3-10-21(23)24(30)27-15-17-8-5-7-16-6-1-2-9-19(16)17/h1-14H,15H2,(H,27,30)(H,28,31). The smallest absolute Gasteiger partial charge is 0.270 e. The number of halogens is 1. The normalized spacial score (nSPS) is 10.6. The predicted molar refractivity (Wildman–Crippen MR) is 128 cm³/mol. The van der Waals surface area contributed by atoms with Gasteiger partial charge in [-0.3, -0.25) is 19.7 Å². The van der Waals surface area contributed by atoms with Gasteiger partial charge in [0.1, 0.15) is 0 Å². The van der Waals surface area contributed by atoms with Gasteiger partial charge in [0.05, 0.1) is 26.8 Å². The number of para-hydroxylation sites is 1. The summed E-state index contributed by atoms with van der Waals surface area (Å²) in [6.07, 6.45) is 0. The molecule has 2 N–H and O–H groups in total. The molecule has 4 aromatic carbocycles. The van der Waals surface area contributed by atoms with Crippen molar-refractivity contribution >= 4 is 45.6 Å². The summed E-state index contributed by atoms with van der Waals surface area (Å²) in [4.78, 5) is 35.9. The molecular formula is C25H18ClN3O4. The lowest BCUT2D eigenvalue weighted by atomic mass is 10.0. The molecular weight excluding hydrogens is 442 g/mol. The second kappa shape index (κ2) is 9.50. The van der Waals surface area contributed by atoms with Crippen LogP contribution in [0.3, 0.4) is 0 Å². The molecule has 0 aliphatic heterocycles. The molecule has 7 nitrogen and oxygen atoms in total. The number of benzene rings is 4. The summed E-state index contributed by atoms with van der Waals surface area (Å²) in [5, 5.41) is 18.5. The van der Waals surface area contributed by atoms with Gasteiger partial charge in [0.25, 0.3) is 17.5 Å². The van der Waals surface area contributed by atoms with Crippen LogP contribution < -0.4 is 10.6 Å². The molecule has 4 rings (SSSR count). The first-order valence-corrected chi connectivity index (χ1v) is 10.4. The quantitative estimate of drug-likeness (QED) is 0.290. The Balaban J connectivity index is 1.52. The minimum absolute atomic E-state index is 0.0559. The zero-order chi connectivity index (χ0) is 23.4. The minimum Gasteiger partial charge on any atom is -0.348 e. The van der Waals surface area contributed by atoms with Crippen LogP contribution >= 0.6 is 11.6 Å². The number of nitrogens with one attached hydrogen (secondary N) is 2. The van der Waals surface area contributed by atoms with Crippen LogP contribution in [0.15, 0.2) is 84.9 Å². The highest BCUT2D eigenvalue weighted by Gasteiger charge is 2.18. The van der Waals surface area contributed by atoms with E-state index in [0.717, 1.165) is 22.4 Å². The summed E-state index contributed by atoms with van der Waals surface area (Å²) in [6, 6.07) is 24.0. The third-order valence-corrected chi connectivity index (χ3v) is 5.46. The van der Waals surface area contributed by atoms with Gasteiger partial charge in [0, 0.05) is 18.7 Å². The Morgan fingerprint density at radius 2 is 1.58 bits per heavy atom. The van der Waals surface area contributed by atoms with E-state index in [1.807, 2.05) is 42.5 Å². The van der Waals surface area contributed by atoms with Crippen molar-refractivity contribution in [3.05, 3.63) is 117 Å². The molecule has 8 heteroatoms. The summed E-state index contributed by atoms with van der Waals surface area (Å²) in [5.41, 5.74) is 1.40. The number of carbonyl (C=O) groups excluding carboxylic acids is 2. The van der Waals surface area contributed by atoms with E-state index in [2.05, 4.69) is 10.6 Å². The number of nitrogens with zero attached hydrogens (tertiary/aromatic N) is 1. The molecule has 4 aromatic rings. The summed E-state index contributed by atoms with van der Waals surface area (Å²) < 4.78 is 0. The molecule has 0 spiro atoms. The first-order valence-electron chi connectivity index (χ1n) is 10.0. The van der Waals surface area contributed by atoms with Crippen LogP contribution in [0.1, 0.15) is 26.3 Å². The fraction of sp³-hybridized carbons (Fsp3) is 0.0400. The molecule has 0 bridgehead atoms. The van der Waals surface area contributed by atoms with Crippen molar-refractivity contribution in [2.75, 3.05) is 5.32 Å². The molecule has 164 valence electrons. The Kier molecular flexibility index (Phi) is 6.33. The Labute approximate surface area is 194 Å². The van der Waals surface area contributed by atoms with Crippen LogP contribution in [-0.4, -0.2) is 16.7 Å². The highest BCUT2D eigenvalue weighted by atomic mass is 35.5. The van der Waals surface area contributed by atoms with E-state index in [-0.39, 0.29) is 27.7 Å². The Morgan fingerprint density at radius 3 is 2.36 bits per heavy atom. The molecule has 0 saturated carbocycles. The second-order valence-corrected chi connectivity index (χ2v) is 7.65. The van der Waals surface area contributed by atoms with Crippen LogP contribution in [0, 0.1) is 10.1 Å². The van der Waals surface area contributed by atoms with Crippen LogP contribution in [0.25, 0.3) is 10.8 Å². The van der Waals surface area contributed by atoms with Crippen LogP contribution in [0.5, 0.6) is 0 Å². The third kappa shape index (κ3) is 4.83. The van der Waals surface area contributed by atoms with Gasteiger partial charge in [-0.25, -0.2) is 0 Å². The van der Waals surface area contributed by atoms with Crippen molar-refractivity contribution in [1.29, 1.82) is 0 Å². The minimum atomic E-state index is -0.594. The van der Waals surface area contributed by atoms with Crippen LogP contribution in [0.2, 0.25) is 5.02 Å². The average Bonchev–Trinajstić information content (AvgIpc) is 2.82. The van der Waals surface area contributed by atoms with Gasteiger partial charge in [0.15, 0.2) is 0 Å². The number of non-ortho nitro benzene ring substituents is 1. The van der Waals surface area contributed by atoms with E-state index in [0.29, 0.717) is 12.2 Å². The summed E-state index contributed by atoms with van der Waals surface area (Å²) >= 11 is 6.06. The first-order chi connectivity index (χ1) is 15.9. The molecule has 0 unspecified atom stereocenters. The van der Waals surface area contributed by atoms with E-state index in [9.17, 15) is 19.7 Å². The maximum atomic E-state index is 12.9. The van der Waals surface area contributed by atoms with Gasteiger partial charge in [-0.1, -0.05) is 66.2 Å². The number of nitro groups is 1. The number of carbonyl (C=O) groups is 2. The molecule has 0 saturated heterocycles. The molecule has 0 radical (unpaired) electrons. The third-order valence-electron chi connectivity index (χ3n) is 5.15. The molecule has 0 fully saturated rings. The largest absolute Gasteiger partial charge is 0.348 e. The Morgan fingerprint density at radius 1 is 0.848 bits per heavy atom. The molecule has 2 amide bonds. The number of nitro benzene ring substituents is 1. The predicted octanol–water partition coefficient (Wildman–Crippen LogP) is 5.58. The van der Waals surface area contributed by atoms with Crippen molar-refractivity contribution in [3.8, 4) is 0 Å². The zero-order valence-electron chi connectivity index (χ0n) is 17.2. The lowest BCUT2D eigenvalue weighted by Gasteiger charge is -2.13. The second-order valence-electron chi connectivity index (χ2n) is 7.24. The summed E-state index contributed by atoms with van der Waals surface area (Å²) in [5.74, 6) is -0.933. The molecule has 33 heavy (non-hydrogen) atoms. The highest BCUT2D eigenvalue weighted by Crippen LogP contribution is 2.24. The van der Waals surface area contributed by atoms with Crippen LogP contribution in [-0.2, 0) is 6.54 Å². The van der Waals surface area contributed by atoms with Crippen molar-refractivity contribution in [1.82, 2.24) is 5.32 Å². The maximum Gasteiger partial charge on any atom is 0.270 e. The van der Waals surface area contributed by atoms with Gasteiger partial charge in [-0.05, 0) is 34.5 Å². The van der Waals surface area contributed by atoms with Crippen molar-refractivity contribution in [2.45, 2.75) is 6.54 Å². The van der Waals surface area contributed by atoms with E-state index in [1.54, 1.807) is 24.3 Å². The van der Waals surface area contributed by atoms with Gasteiger partial charge in [-0.15, -0.1) is 0 Å². The fourth-order valence-electron chi connectivity index (χ4n) is 3.50. The number of fused-ring (bicyclic) bond motifs is 1. The zero-order valence-corrected chi connectivity index (χ0v) is 18.0. The van der Waals surface area contributed by atoms with Gasteiger partial charge in [0.2, 0.25) is 0 Å². The first kappa shape index (κ1) is 22.0. The number of hydrogen-bond acceptors (Lipinski definition) is 4. The SMILES string of the molecule is O=C(Nc1ccccc1C(=O)NCc1cccc2ccccc12)c1ccc([N+](=O)[O-])cc1Cl. The lowest BCUT2D eigenvalue weighted by molar-refractivity contribution is -0.384. The topological polar surface area (TPSA) is 101 Å². The monoisotopic (exact) mass is 459 g/mol. The van der Waals surface area contributed by atoms with Crippen molar-refractivity contribution < 1.29 is 14.5 Å². The Bertz CT molecular complexity index is 1380. The number of hydrogen-bond donors (Lipinski definition) is 2. The van der Waals surface area contributed by atoms with Crippen molar-refractivity contribution in [2.24, 2.45) is 0 Å². The van der Waals surface area contributed by atoms with Crippen LogP contribution in [0.4, 0.5) is 11.4 Å². The number of amides is 2. The van der Waals surface area contributed by atoms with E-state index in [4.69, 9.17) is 11.6 Å². The summed E-state index contributed by atoms with van der Waals surface area (Å²) in [7, 11) is 0. The van der Waals surface area contributed by atoms with Gasteiger partial charge >= 0.3 is 0 Å². The number of anilines is 1. The van der Waals surface area contributed by atoms with Gasteiger partial charge in [-0.2, -0.15) is 0 Å². The number of rotatable bonds is 6. The molecule has 0 aliphatic carbocycles.